The van der Waals surface area contributed by atoms with Crippen LogP contribution in [0.25, 0.3) is 0 Å². The molecule has 0 spiro atoms. The normalized spacial score (nSPS) is 12.2. The van der Waals surface area contributed by atoms with E-state index in [4.69, 9.17) is 0 Å². The molecule has 3 nitrogen and oxygen atoms in total. The summed E-state index contributed by atoms with van der Waals surface area (Å²) < 4.78 is 0. The molecule has 0 aromatic heterocycles. The van der Waals surface area contributed by atoms with Gasteiger partial charge >= 0.3 is 0 Å². The maximum atomic E-state index is 11.2. The lowest BCUT2D eigenvalue weighted by Gasteiger charge is -2.11. The van der Waals surface area contributed by atoms with Crippen molar-refractivity contribution in [2.75, 3.05) is 13.1 Å². The van der Waals surface area contributed by atoms with Crippen LogP contribution in [0.2, 0.25) is 0 Å². The first-order valence-electron chi connectivity index (χ1n) is 4.81. The summed E-state index contributed by atoms with van der Waals surface area (Å²) in [6.07, 6.45) is 3.68. The topological polar surface area (TPSA) is 41.1 Å². The van der Waals surface area contributed by atoms with Gasteiger partial charge in [-0.1, -0.05) is 13.0 Å². The Morgan fingerprint density at radius 1 is 1.62 bits per heavy atom. The van der Waals surface area contributed by atoms with Crippen LogP contribution in [0.1, 0.15) is 26.7 Å². The average Bonchev–Trinajstić information content (AvgIpc) is 2.05. The molecule has 0 heterocycles. The van der Waals surface area contributed by atoms with Crippen molar-refractivity contribution in [3.05, 3.63) is 12.7 Å². The second-order valence-corrected chi connectivity index (χ2v) is 3.17. The summed E-state index contributed by atoms with van der Waals surface area (Å²) in [6.45, 7) is 8.97. The Morgan fingerprint density at radius 3 is 2.85 bits per heavy atom. The molecule has 0 aromatic carbocycles. The van der Waals surface area contributed by atoms with Crippen molar-refractivity contribution in [2.24, 2.45) is 0 Å². The zero-order valence-electron chi connectivity index (χ0n) is 8.60. The molecule has 0 aromatic rings. The zero-order valence-corrected chi connectivity index (χ0v) is 8.60. The summed E-state index contributed by atoms with van der Waals surface area (Å²) in [5, 5.41) is 5.91. The predicted octanol–water partition coefficient (Wildman–Crippen LogP) is 1.07. The highest BCUT2D eigenvalue weighted by Gasteiger charge is 2.03. The van der Waals surface area contributed by atoms with Crippen LogP contribution in [0, 0.1) is 0 Å². The maximum absolute atomic E-state index is 11.2. The molecule has 0 aliphatic rings. The Labute approximate surface area is 80.6 Å². The second-order valence-electron chi connectivity index (χ2n) is 3.17. The molecule has 0 rings (SSSR count). The van der Waals surface area contributed by atoms with Crippen LogP contribution >= 0.6 is 0 Å². The fourth-order valence-electron chi connectivity index (χ4n) is 1.01. The number of hydrogen-bond acceptors (Lipinski definition) is 2. The number of carbonyl (C=O) groups is 1. The average molecular weight is 184 g/mol. The van der Waals surface area contributed by atoms with Gasteiger partial charge in [0.05, 0.1) is 6.54 Å². The summed E-state index contributed by atoms with van der Waals surface area (Å²) in [5.41, 5.74) is 0. The second kappa shape index (κ2) is 7.80. The standard InChI is InChI=1S/C10H20N2O/c1-4-6-9(3)12-10(13)8-11-7-5-2/h4,9,11H,1,5-8H2,2-3H3,(H,12,13). The van der Waals surface area contributed by atoms with E-state index < -0.39 is 0 Å². The molecule has 3 heteroatoms. The molecule has 1 unspecified atom stereocenters. The van der Waals surface area contributed by atoms with Crippen LogP contribution in [0.3, 0.4) is 0 Å². The third-order valence-corrected chi connectivity index (χ3v) is 1.64. The minimum atomic E-state index is 0.0581. The number of amides is 1. The Bertz CT molecular complexity index is 157. The van der Waals surface area contributed by atoms with Crippen molar-refractivity contribution in [1.29, 1.82) is 0 Å². The van der Waals surface area contributed by atoms with Gasteiger partial charge in [-0.2, -0.15) is 0 Å². The van der Waals surface area contributed by atoms with E-state index in [0.29, 0.717) is 6.54 Å². The molecule has 0 aliphatic heterocycles. The van der Waals surface area contributed by atoms with E-state index in [0.717, 1.165) is 19.4 Å². The van der Waals surface area contributed by atoms with Crippen LogP contribution in [0.4, 0.5) is 0 Å². The van der Waals surface area contributed by atoms with E-state index in [9.17, 15) is 4.79 Å². The fraction of sp³-hybridized carbons (Fsp3) is 0.700. The van der Waals surface area contributed by atoms with Gasteiger partial charge in [-0.05, 0) is 26.3 Å². The van der Waals surface area contributed by atoms with Crippen molar-refractivity contribution < 1.29 is 4.79 Å². The largest absolute Gasteiger partial charge is 0.352 e. The zero-order chi connectivity index (χ0) is 10.1. The minimum absolute atomic E-state index is 0.0581. The van der Waals surface area contributed by atoms with Gasteiger partial charge in [-0.3, -0.25) is 4.79 Å². The molecule has 0 aliphatic carbocycles. The van der Waals surface area contributed by atoms with Gasteiger partial charge < -0.3 is 10.6 Å². The first-order valence-corrected chi connectivity index (χ1v) is 4.81. The molecule has 0 fully saturated rings. The van der Waals surface area contributed by atoms with Crippen LogP contribution in [0.5, 0.6) is 0 Å². The SMILES string of the molecule is C=CCC(C)NC(=O)CNCCC. The van der Waals surface area contributed by atoms with Gasteiger partial charge in [-0.25, -0.2) is 0 Å². The van der Waals surface area contributed by atoms with Gasteiger partial charge in [0.1, 0.15) is 0 Å². The van der Waals surface area contributed by atoms with Crippen molar-refractivity contribution in [3.63, 3.8) is 0 Å². The molecule has 0 bridgehead atoms. The fourth-order valence-corrected chi connectivity index (χ4v) is 1.01. The molecule has 13 heavy (non-hydrogen) atoms. The van der Waals surface area contributed by atoms with Crippen LogP contribution in [0.15, 0.2) is 12.7 Å². The highest BCUT2D eigenvalue weighted by Crippen LogP contribution is 1.89. The van der Waals surface area contributed by atoms with Crippen molar-refractivity contribution in [3.8, 4) is 0 Å². The summed E-state index contributed by atoms with van der Waals surface area (Å²) in [4.78, 5) is 11.2. The van der Waals surface area contributed by atoms with E-state index in [-0.39, 0.29) is 11.9 Å². The van der Waals surface area contributed by atoms with Crippen molar-refractivity contribution in [1.82, 2.24) is 10.6 Å². The molecule has 1 amide bonds. The van der Waals surface area contributed by atoms with Crippen molar-refractivity contribution in [2.45, 2.75) is 32.7 Å². The molecule has 2 N–H and O–H groups in total. The molecule has 1 atom stereocenters. The van der Waals surface area contributed by atoms with Gasteiger partial charge in [0.25, 0.3) is 0 Å². The Hall–Kier alpha value is -0.830. The number of rotatable bonds is 7. The third kappa shape index (κ3) is 7.53. The molecular weight excluding hydrogens is 164 g/mol. The van der Waals surface area contributed by atoms with E-state index in [1.165, 1.54) is 0 Å². The lowest BCUT2D eigenvalue weighted by molar-refractivity contribution is -0.120. The van der Waals surface area contributed by atoms with E-state index in [1.54, 1.807) is 0 Å². The van der Waals surface area contributed by atoms with Crippen LogP contribution in [-0.2, 0) is 4.79 Å². The van der Waals surface area contributed by atoms with Gasteiger partial charge in [0.2, 0.25) is 5.91 Å². The summed E-state index contributed by atoms with van der Waals surface area (Å²) >= 11 is 0. The summed E-state index contributed by atoms with van der Waals surface area (Å²) in [6, 6.07) is 0.188. The van der Waals surface area contributed by atoms with Gasteiger partial charge in [0.15, 0.2) is 0 Å². The molecular formula is C10H20N2O. The number of carbonyl (C=O) groups excluding carboxylic acids is 1. The summed E-state index contributed by atoms with van der Waals surface area (Å²) in [7, 11) is 0. The lowest BCUT2D eigenvalue weighted by atomic mass is 10.2. The monoisotopic (exact) mass is 184 g/mol. The van der Waals surface area contributed by atoms with E-state index in [1.807, 2.05) is 13.0 Å². The minimum Gasteiger partial charge on any atom is -0.352 e. The Morgan fingerprint density at radius 2 is 2.31 bits per heavy atom. The molecule has 76 valence electrons. The first-order chi connectivity index (χ1) is 6.20. The van der Waals surface area contributed by atoms with E-state index >= 15 is 0 Å². The van der Waals surface area contributed by atoms with Crippen LogP contribution < -0.4 is 10.6 Å². The Balaban J connectivity index is 3.43. The van der Waals surface area contributed by atoms with Crippen LogP contribution in [-0.4, -0.2) is 25.0 Å². The third-order valence-electron chi connectivity index (χ3n) is 1.64. The number of hydrogen-bond donors (Lipinski definition) is 2. The molecule has 0 radical (unpaired) electrons. The van der Waals surface area contributed by atoms with Crippen molar-refractivity contribution >= 4 is 5.91 Å². The molecule has 0 saturated heterocycles. The van der Waals surface area contributed by atoms with E-state index in [2.05, 4.69) is 24.1 Å². The van der Waals surface area contributed by atoms with Gasteiger partial charge in [0, 0.05) is 6.04 Å². The quantitative estimate of drug-likeness (QED) is 0.459. The summed E-state index contributed by atoms with van der Waals surface area (Å²) in [5.74, 6) is 0.0581. The lowest BCUT2D eigenvalue weighted by Crippen LogP contribution is -2.38. The number of nitrogens with one attached hydrogen (secondary N) is 2. The first kappa shape index (κ1) is 12.2. The maximum Gasteiger partial charge on any atom is 0.234 e. The highest BCUT2D eigenvalue weighted by atomic mass is 16.1. The highest BCUT2D eigenvalue weighted by molar-refractivity contribution is 5.78. The molecule has 0 saturated carbocycles. The smallest absolute Gasteiger partial charge is 0.234 e. The van der Waals surface area contributed by atoms with Gasteiger partial charge in [-0.15, -0.1) is 6.58 Å². The predicted molar refractivity (Wildman–Crippen MR) is 55.6 cm³/mol. The Kier molecular flexibility index (Phi) is 7.30.